The molecular weight excluding hydrogens is 195 g/mol. The minimum absolute atomic E-state index is 0.0579. The lowest BCUT2D eigenvalue weighted by molar-refractivity contribution is 0.0790. The summed E-state index contributed by atoms with van der Waals surface area (Å²) in [5.74, 6) is -0.521. The van der Waals surface area contributed by atoms with E-state index in [2.05, 4.69) is 0 Å². The number of nitrogens with two attached hydrogens (primary N) is 1. The molecule has 1 aliphatic heterocycles. The molecule has 1 amide bonds. The number of benzene rings is 1. The van der Waals surface area contributed by atoms with E-state index < -0.39 is 0 Å². The van der Waals surface area contributed by atoms with Gasteiger partial charge in [0.1, 0.15) is 5.82 Å². The third-order valence-electron chi connectivity index (χ3n) is 2.58. The second kappa shape index (κ2) is 3.98. The number of rotatable bonds is 1. The molecule has 1 unspecified atom stereocenters. The second-order valence-corrected chi connectivity index (χ2v) is 3.81. The number of likely N-dealkylation sites (tertiary alicyclic amines) is 1. The molecule has 2 rings (SSSR count). The Morgan fingerprint density at radius 3 is 2.93 bits per heavy atom. The van der Waals surface area contributed by atoms with Crippen LogP contribution in [0.1, 0.15) is 16.8 Å². The summed E-state index contributed by atoms with van der Waals surface area (Å²) in [6.45, 7) is 1.23. The zero-order valence-electron chi connectivity index (χ0n) is 8.32. The molecule has 0 aromatic heterocycles. The Labute approximate surface area is 87.7 Å². The van der Waals surface area contributed by atoms with Crippen LogP contribution in [0.5, 0.6) is 0 Å². The number of hydrogen-bond donors (Lipinski definition) is 1. The van der Waals surface area contributed by atoms with Crippen LogP contribution in [-0.2, 0) is 0 Å². The highest BCUT2D eigenvalue weighted by Gasteiger charge is 2.24. The Kier molecular flexibility index (Phi) is 2.68. The number of carbonyl (C=O) groups excluding carboxylic acids is 1. The Morgan fingerprint density at radius 2 is 2.33 bits per heavy atom. The first-order valence-corrected chi connectivity index (χ1v) is 4.97. The molecule has 1 aromatic carbocycles. The number of carbonyl (C=O) groups is 1. The Bertz CT molecular complexity index is 381. The molecule has 1 saturated heterocycles. The highest BCUT2D eigenvalue weighted by atomic mass is 19.1. The van der Waals surface area contributed by atoms with Crippen LogP contribution in [0.2, 0.25) is 0 Å². The Hall–Kier alpha value is -1.42. The van der Waals surface area contributed by atoms with Gasteiger partial charge in [-0.1, -0.05) is 6.07 Å². The van der Waals surface area contributed by atoms with Crippen LogP contribution in [0.15, 0.2) is 24.3 Å². The summed E-state index contributed by atoms with van der Waals surface area (Å²) in [6, 6.07) is 5.80. The lowest BCUT2D eigenvalue weighted by atomic mass is 10.2. The van der Waals surface area contributed by atoms with Gasteiger partial charge in [0, 0.05) is 24.7 Å². The van der Waals surface area contributed by atoms with E-state index in [0.717, 1.165) is 6.42 Å². The average molecular weight is 208 g/mol. The lowest BCUT2D eigenvalue weighted by Crippen LogP contribution is -2.31. The van der Waals surface area contributed by atoms with Gasteiger partial charge in [0.2, 0.25) is 0 Å². The van der Waals surface area contributed by atoms with Gasteiger partial charge in [0.25, 0.3) is 5.91 Å². The topological polar surface area (TPSA) is 46.3 Å². The van der Waals surface area contributed by atoms with Crippen LogP contribution in [-0.4, -0.2) is 29.9 Å². The average Bonchev–Trinajstić information content (AvgIpc) is 2.64. The van der Waals surface area contributed by atoms with Crippen molar-refractivity contribution < 1.29 is 9.18 Å². The molecule has 0 saturated carbocycles. The molecule has 0 spiro atoms. The summed E-state index contributed by atoms with van der Waals surface area (Å²) in [6.07, 6.45) is 0.820. The van der Waals surface area contributed by atoms with E-state index in [-0.39, 0.29) is 17.8 Å². The number of nitrogens with zero attached hydrogens (tertiary/aromatic N) is 1. The van der Waals surface area contributed by atoms with Crippen molar-refractivity contribution in [3.05, 3.63) is 35.6 Å². The van der Waals surface area contributed by atoms with Gasteiger partial charge >= 0.3 is 0 Å². The number of hydrogen-bond acceptors (Lipinski definition) is 2. The fourth-order valence-electron chi connectivity index (χ4n) is 1.78. The van der Waals surface area contributed by atoms with E-state index >= 15 is 0 Å². The Morgan fingerprint density at radius 1 is 1.53 bits per heavy atom. The van der Waals surface area contributed by atoms with Gasteiger partial charge in [0.05, 0.1) is 0 Å². The van der Waals surface area contributed by atoms with E-state index in [0.29, 0.717) is 18.7 Å². The normalized spacial score (nSPS) is 20.7. The van der Waals surface area contributed by atoms with Crippen molar-refractivity contribution in [1.82, 2.24) is 4.90 Å². The SMILES string of the molecule is NC1CCN(C(=O)c2cccc(F)c2)C1. The molecule has 0 aliphatic carbocycles. The second-order valence-electron chi connectivity index (χ2n) is 3.81. The van der Waals surface area contributed by atoms with Gasteiger partial charge in [-0.3, -0.25) is 4.79 Å². The molecule has 2 N–H and O–H groups in total. The van der Waals surface area contributed by atoms with E-state index in [1.165, 1.54) is 12.1 Å². The van der Waals surface area contributed by atoms with Gasteiger partial charge in [-0.15, -0.1) is 0 Å². The summed E-state index contributed by atoms with van der Waals surface area (Å²) in [7, 11) is 0. The van der Waals surface area contributed by atoms with Crippen molar-refractivity contribution in [2.45, 2.75) is 12.5 Å². The fraction of sp³-hybridized carbons (Fsp3) is 0.364. The van der Waals surface area contributed by atoms with Gasteiger partial charge in [-0.05, 0) is 24.6 Å². The molecule has 0 bridgehead atoms. The van der Waals surface area contributed by atoms with Crippen LogP contribution >= 0.6 is 0 Å². The highest BCUT2D eigenvalue weighted by Crippen LogP contribution is 2.13. The predicted octanol–water partition coefficient (Wildman–Crippen LogP) is 0.999. The smallest absolute Gasteiger partial charge is 0.254 e. The number of halogens is 1. The first-order valence-electron chi connectivity index (χ1n) is 4.97. The largest absolute Gasteiger partial charge is 0.337 e. The van der Waals surface area contributed by atoms with E-state index in [1.54, 1.807) is 17.0 Å². The lowest BCUT2D eigenvalue weighted by Gasteiger charge is -2.15. The quantitative estimate of drug-likeness (QED) is 0.748. The molecule has 1 aliphatic rings. The van der Waals surface area contributed by atoms with Crippen LogP contribution in [0.4, 0.5) is 4.39 Å². The minimum atomic E-state index is -0.385. The van der Waals surface area contributed by atoms with E-state index in [4.69, 9.17) is 5.73 Å². The van der Waals surface area contributed by atoms with Crippen molar-refractivity contribution >= 4 is 5.91 Å². The molecule has 15 heavy (non-hydrogen) atoms. The summed E-state index contributed by atoms with van der Waals surface area (Å²) in [5.41, 5.74) is 6.10. The zero-order chi connectivity index (χ0) is 10.8. The maximum Gasteiger partial charge on any atom is 0.254 e. The predicted molar refractivity (Wildman–Crippen MR) is 54.9 cm³/mol. The molecule has 1 heterocycles. The van der Waals surface area contributed by atoms with Crippen LogP contribution < -0.4 is 5.73 Å². The van der Waals surface area contributed by atoms with Gasteiger partial charge in [0.15, 0.2) is 0 Å². The van der Waals surface area contributed by atoms with Crippen molar-refractivity contribution in [3.63, 3.8) is 0 Å². The molecule has 3 nitrogen and oxygen atoms in total. The van der Waals surface area contributed by atoms with Crippen LogP contribution in [0.3, 0.4) is 0 Å². The molecule has 1 fully saturated rings. The third-order valence-corrected chi connectivity index (χ3v) is 2.58. The minimum Gasteiger partial charge on any atom is -0.337 e. The van der Waals surface area contributed by atoms with Crippen molar-refractivity contribution in [2.75, 3.05) is 13.1 Å². The van der Waals surface area contributed by atoms with Crippen molar-refractivity contribution in [1.29, 1.82) is 0 Å². The maximum absolute atomic E-state index is 12.9. The molecule has 1 aromatic rings. The molecule has 4 heteroatoms. The molecular formula is C11H13FN2O. The first kappa shape index (κ1) is 10.1. The van der Waals surface area contributed by atoms with Crippen molar-refractivity contribution in [2.24, 2.45) is 5.73 Å². The standard InChI is InChI=1S/C11H13FN2O/c12-9-3-1-2-8(6-9)11(15)14-5-4-10(13)7-14/h1-3,6,10H,4-5,7,13H2. The van der Waals surface area contributed by atoms with Crippen LogP contribution in [0, 0.1) is 5.82 Å². The maximum atomic E-state index is 12.9. The summed E-state index contributed by atoms with van der Waals surface area (Å²) in [5, 5.41) is 0. The summed E-state index contributed by atoms with van der Waals surface area (Å²) < 4.78 is 12.9. The summed E-state index contributed by atoms with van der Waals surface area (Å²) in [4.78, 5) is 13.5. The monoisotopic (exact) mass is 208 g/mol. The van der Waals surface area contributed by atoms with Gasteiger partial charge < -0.3 is 10.6 Å². The molecule has 1 atom stereocenters. The molecule has 80 valence electrons. The van der Waals surface area contributed by atoms with E-state index in [1.807, 2.05) is 0 Å². The summed E-state index contributed by atoms with van der Waals surface area (Å²) >= 11 is 0. The third kappa shape index (κ3) is 2.15. The highest BCUT2D eigenvalue weighted by molar-refractivity contribution is 5.94. The first-order chi connectivity index (χ1) is 7.16. The Balaban J connectivity index is 2.14. The van der Waals surface area contributed by atoms with Gasteiger partial charge in [-0.2, -0.15) is 0 Å². The van der Waals surface area contributed by atoms with Crippen molar-refractivity contribution in [3.8, 4) is 0 Å². The van der Waals surface area contributed by atoms with E-state index in [9.17, 15) is 9.18 Å². The fourth-order valence-corrected chi connectivity index (χ4v) is 1.78. The number of amides is 1. The van der Waals surface area contributed by atoms with Crippen LogP contribution in [0.25, 0.3) is 0 Å². The van der Waals surface area contributed by atoms with Gasteiger partial charge in [-0.25, -0.2) is 4.39 Å². The molecule has 0 radical (unpaired) electrons. The zero-order valence-corrected chi connectivity index (χ0v) is 8.32.